The van der Waals surface area contributed by atoms with Crippen molar-refractivity contribution in [2.24, 2.45) is 5.16 Å². The Morgan fingerprint density at radius 3 is 2.06 bits per heavy atom. The first kappa shape index (κ1) is 15.6. The van der Waals surface area contributed by atoms with Crippen LogP contribution in [0.25, 0.3) is 0 Å². The van der Waals surface area contributed by atoms with Crippen LogP contribution in [0.2, 0.25) is 0 Å². The molecule has 0 amide bonds. The van der Waals surface area contributed by atoms with E-state index in [0.29, 0.717) is 5.56 Å². The average molecular weight is 329 g/mol. The van der Waals surface area contributed by atoms with Crippen LogP contribution in [0.1, 0.15) is 15.9 Å². The van der Waals surface area contributed by atoms with E-state index in [-0.39, 0.29) is 5.71 Å². The van der Waals surface area contributed by atoms with E-state index in [4.69, 9.17) is 46.4 Å². The van der Waals surface area contributed by atoms with Crippen LogP contribution in [0.3, 0.4) is 0 Å². The average Bonchev–Trinajstić information content (AvgIpc) is 2.28. The van der Waals surface area contributed by atoms with Gasteiger partial charge in [-0.25, -0.2) is 4.79 Å². The Bertz CT molecular complexity index is 433. The van der Waals surface area contributed by atoms with E-state index in [9.17, 15) is 4.79 Å². The molecule has 18 heavy (non-hydrogen) atoms. The van der Waals surface area contributed by atoms with E-state index in [1.54, 1.807) is 24.3 Å². The van der Waals surface area contributed by atoms with Gasteiger partial charge < -0.3 is 4.84 Å². The van der Waals surface area contributed by atoms with Gasteiger partial charge in [0.1, 0.15) is 5.71 Å². The minimum absolute atomic E-state index is 0.0397. The Balaban J connectivity index is 2.76. The number of nitrogens with zero attached hydrogens (tertiary/aromatic N) is 1. The number of hydrogen-bond donors (Lipinski definition) is 0. The van der Waals surface area contributed by atoms with Crippen LogP contribution in [0.4, 0.5) is 0 Å². The zero-order valence-electron chi connectivity index (χ0n) is 9.24. The summed E-state index contributed by atoms with van der Waals surface area (Å²) in [5.74, 6) is -0.643. The van der Waals surface area contributed by atoms with E-state index in [0.717, 1.165) is 5.56 Å². The smallest absolute Gasteiger partial charge is 0.313 e. The minimum atomic E-state index is -1.05. The Morgan fingerprint density at radius 1 is 1.11 bits per heavy atom. The number of carbonyl (C=O) groups excluding carboxylic acids is 1. The van der Waals surface area contributed by atoms with Crippen molar-refractivity contribution in [1.82, 2.24) is 0 Å². The van der Waals surface area contributed by atoms with Crippen LogP contribution in [0, 0.1) is 6.92 Å². The van der Waals surface area contributed by atoms with Crippen molar-refractivity contribution < 1.29 is 9.63 Å². The van der Waals surface area contributed by atoms with Crippen molar-refractivity contribution >= 4 is 58.1 Å². The van der Waals surface area contributed by atoms with Gasteiger partial charge in [-0.2, -0.15) is 0 Å². The molecular formula is C11H9Cl4NO2. The normalized spacial score (nSPS) is 10.6. The van der Waals surface area contributed by atoms with E-state index < -0.39 is 15.6 Å². The van der Waals surface area contributed by atoms with E-state index >= 15 is 0 Å². The number of hydrogen-bond acceptors (Lipinski definition) is 3. The van der Waals surface area contributed by atoms with Crippen molar-refractivity contribution in [3.63, 3.8) is 0 Å². The van der Waals surface area contributed by atoms with E-state index in [1.807, 2.05) is 6.92 Å². The molecule has 0 fully saturated rings. The monoisotopic (exact) mass is 327 g/mol. The van der Waals surface area contributed by atoms with Crippen LogP contribution in [-0.2, 0) is 4.84 Å². The Kier molecular flexibility index (Phi) is 6.22. The molecular weight excluding hydrogens is 320 g/mol. The van der Waals surface area contributed by atoms with Crippen molar-refractivity contribution in [3.8, 4) is 0 Å². The van der Waals surface area contributed by atoms with Crippen LogP contribution in [0.15, 0.2) is 29.4 Å². The summed E-state index contributed by atoms with van der Waals surface area (Å²) in [4.78, 5) is 14.2. The molecule has 0 aliphatic rings. The van der Waals surface area contributed by atoms with Crippen molar-refractivity contribution in [2.45, 2.75) is 16.6 Å². The molecule has 1 aromatic rings. The molecule has 0 radical (unpaired) electrons. The van der Waals surface area contributed by atoms with Gasteiger partial charge in [0.15, 0.2) is 9.67 Å². The lowest BCUT2D eigenvalue weighted by molar-refractivity contribution is 0.0515. The Morgan fingerprint density at radius 2 is 1.61 bits per heavy atom. The van der Waals surface area contributed by atoms with Gasteiger partial charge in [-0.1, -0.05) is 69.3 Å². The second-order valence-corrected chi connectivity index (χ2v) is 5.55. The van der Waals surface area contributed by atoms with E-state index in [1.165, 1.54) is 0 Å². The molecule has 0 saturated heterocycles. The quantitative estimate of drug-likeness (QED) is 0.361. The topological polar surface area (TPSA) is 38.7 Å². The largest absolute Gasteiger partial charge is 0.365 e. The molecule has 0 spiro atoms. The molecule has 7 heteroatoms. The lowest BCUT2D eigenvalue weighted by Crippen LogP contribution is -2.18. The zero-order valence-corrected chi connectivity index (χ0v) is 12.3. The highest BCUT2D eigenvalue weighted by molar-refractivity contribution is 6.64. The fourth-order valence-electron chi connectivity index (χ4n) is 1.01. The second kappa shape index (κ2) is 7.19. The molecule has 0 unspecified atom stereocenters. The molecule has 0 atom stereocenters. The molecule has 1 rings (SSSR count). The Labute approximate surface area is 125 Å². The van der Waals surface area contributed by atoms with Gasteiger partial charge in [0.2, 0.25) is 0 Å². The maximum absolute atomic E-state index is 11.6. The SMILES string of the molecule is Cc1ccc(C(=O)ON=C(C(Cl)Cl)C(Cl)Cl)cc1. The third-order valence-corrected chi connectivity index (χ3v) is 2.86. The van der Waals surface area contributed by atoms with Crippen molar-refractivity contribution in [2.75, 3.05) is 0 Å². The van der Waals surface area contributed by atoms with Crippen LogP contribution >= 0.6 is 46.4 Å². The standard InChI is InChI=1S/C11H9Cl4NO2/c1-6-2-4-7(5-3-6)11(17)18-16-8(9(12)13)10(14)15/h2-5,9-10H,1H3. The molecule has 3 nitrogen and oxygen atoms in total. The Hall–Kier alpha value is -0.480. The maximum atomic E-state index is 11.6. The first-order valence-corrected chi connectivity index (χ1v) is 6.58. The van der Waals surface area contributed by atoms with E-state index in [2.05, 4.69) is 9.99 Å². The lowest BCUT2D eigenvalue weighted by atomic mass is 10.2. The molecule has 0 aromatic heterocycles. The summed E-state index contributed by atoms with van der Waals surface area (Å²) in [5, 5.41) is 3.46. The summed E-state index contributed by atoms with van der Waals surface area (Å²) in [5.41, 5.74) is 1.34. The number of rotatable bonds is 4. The van der Waals surface area contributed by atoms with Crippen molar-refractivity contribution in [1.29, 1.82) is 0 Å². The maximum Gasteiger partial charge on any atom is 0.365 e. The first-order chi connectivity index (χ1) is 8.41. The van der Waals surface area contributed by atoms with Gasteiger partial charge in [-0.15, -0.1) is 0 Å². The van der Waals surface area contributed by atoms with Gasteiger partial charge in [-0.05, 0) is 19.1 Å². The summed E-state index contributed by atoms with van der Waals surface area (Å²) in [7, 11) is 0. The second-order valence-electron chi connectivity index (χ2n) is 3.36. The summed E-state index contributed by atoms with van der Waals surface area (Å²) >= 11 is 22.3. The number of halogens is 4. The summed E-state index contributed by atoms with van der Waals surface area (Å²) in [6.07, 6.45) is 0. The van der Waals surface area contributed by atoms with Crippen LogP contribution in [0.5, 0.6) is 0 Å². The summed E-state index contributed by atoms with van der Waals surface area (Å²) in [6, 6.07) is 6.78. The van der Waals surface area contributed by atoms with Gasteiger partial charge in [0, 0.05) is 0 Å². The number of benzene rings is 1. The van der Waals surface area contributed by atoms with Gasteiger partial charge in [-0.3, -0.25) is 0 Å². The summed E-state index contributed by atoms with van der Waals surface area (Å²) in [6.45, 7) is 1.91. The molecule has 1 aromatic carbocycles. The highest BCUT2D eigenvalue weighted by atomic mass is 35.5. The fraction of sp³-hybridized carbons (Fsp3) is 0.273. The fourth-order valence-corrected chi connectivity index (χ4v) is 1.93. The van der Waals surface area contributed by atoms with Gasteiger partial charge in [0.25, 0.3) is 0 Å². The third-order valence-electron chi connectivity index (χ3n) is 1.97. The van der Waals surface area contributed by atoms with Crippen LogP contribution in [-0.4, -0.2) is 21.4 Å². The number of oxime groups is 1. The third kappa shape index (κ3) is 4.65. The predicted octanol–water partition coefficient (Wildman–Crippen LogP) is 4.12. The molecule has 0 saturated carbocycles. The number of carbonyl (C=O) groups is 1. The zero-order chi connectivity index (χ0) is 13.7. The molecule has 0 bridgehead atoms. The van der Waals surface area contributed by atoms with Crippen LogP contribution < -0.4 is 0 Å². The minimum Gasteiger partial charge on any atom is -0.313 e. The first-order valence-electron chi connectivity index (χ1n) is 4.84. The highest BCUT2D eigenvalue weighted by Gasteiger charge is 2.19. The van der Waals surface area contributed by atoms with Gasteiger partial charge >= 0.3 is 5.97 Å². The molecule has 0 heterocycles. The lowest BCUT2D eigenvalue weighted by Gasteiger charge is -2.06. The number of alkyl halides is 4. The highest BCUT2D eigenvalue weighted by Crippen LogP contribution is 2.16. The predicted molar refractivity (Wildman–Crippen MR) is 75.0 cm³/mol. The van der Waals surface area contributed by atoms with Crippen molar-refractivity contribution in [3.05, 3.63) is 35.4 Å². The molecule has 98 valence electrons. The number of aryl methyl sites for hydroxylation is 1. The molecule has 0 N–H and O–H groups in total. The molecule has 0 aliphatic heterocycles. The molecule has 0 aliphatic carbocycles. The summed E-state index contributed by atoms with van der Waals surface area (Å²) < 4.78 is 0. The van der Waals surface area contributed by atoms with Gasteiger partial charge in [0.05, 0.1) is 5.56 Å².